The van der Waals surface area contributed by atoms with E-state index in [1.807, 2.05) is 13.8 Å². The van der Waals surface area contributed by atoms with Gasteiger partial charge in [-0.15, -0.1) is 11.8 Å². The lowest BCUT2D eigenvalue weighted by Crippen LogP contribution is -2.47. The number of thioether (sulfide) groups is 1. The van der Waals surface area contributed by atoms with E-state index in [1.54, 1.807) is 18.2 Å². The standard InChI is InChI=1S/C14H17BrN2O3S/c1-7(2)13-17(11(6-21-13)14(19)20)12(18)9-5-8(16)3-4-10(9)15/h3-5,7,11,13H,6,16H2,1-2H3,(H,19,20). The normalized spacial score (nSPS) is 21.8. The number of hydrogen-bond acceptors (Lipinski definition) is 4. The minimum atomic E-state index is -0.973. The van der Waals surface area contributed by atoms with E-state index >= 15 is 0 Å². The Morgan fingerprint density at radius 3 is 2.71 bits per heavy atom. The molecule has 2 rings (SSSR count). The van der Waals surface area contributed by atoms with Gasteiger partial charge in [-0.3, -0.25) is 4.79 Å². The smallest absolute Gasteiger partial charge is 0.327 e. The van der Waals surface area contributed by atoms with Crippen LogP contribution in [0.2, 0.25) is 0 Å². The Morgan fingerprint density at radius 1 is 1.48 bits per heavy atom. The molecule has 0 aliphatic carbocycles. The lowest BCUT2D eigenvalue weighted by Gasteiger charge is -2.30. The van der Waals surface area contributed by atoms with Crippen LogP contribution in [0, 0.1) is 5.92 Å². The number of nitrogens with zero attached hydrogens (tertiary/aromatic N) is 1. The molecular formula is C14H17BrN2O3S. The molecule has 0 spiro atoms. The number of rotatable bonds is 3. The molecule has 1 aromatic carbocycles. The van der Waals surface area contributed by atoms with E-state index in [-0.39, 0.29) is 17.2 Å². The van der Waals surface area contributed by atoms with Crippen molar-refractivity contribution in [3.05, 3.63) is 28.2 Å². The minimum Gasteiger partial charge on any atom is -0.480 e. The number of carboxylic acids is 1. The highest BCUT2D eigenvalue weighted by Crippen LogP contribution is 2.36. The Labute approximate surface area is 136 Å². The van der Waals surface area contributed by atoms with Crippen LogP contribution < -0.4 is 5.73 Å². The molecule has 0 aromatic heterocycles. The molecule has 0 radical (unpaired) electrons. The number of carbonyl (C=O) groups is 2. The fourth-order valence-corrected chi connectivity index (χ4v) is 4.22. The van der Waals surface area contributed by atoms with E-state index in [9.17, 15) is 14.7 Å². The molecule has 1 heterocycles. The highest BCUT2D eigenvalue weighted by atomic mass is 79.9. The summed E-state index contributed by atoms with van der Waals surface area (Å²) in [5, 5.41) is 9.21. The number of nitrogens with two attached hydrogens (primary N) is 1. The van der Waals surface area contributed by atoms with Crippen molar-refractivity contribution in [2.24, 2.45) is 5.92 Å². The highest BCUT2D eigenvalue weighted by molar-refractivity contribution is 9.10. The molecule has 1 fully saturated rings. The topological polar surface area (TPSA) is 83.6 Å². The highest BCUT2D eigenvalue weighted by Gasteiger charge is 2.43. The van der Waals surface area contributed by atoms with Crippen LogP contribution >= 0.6 is 27.7 Å². The largest absolute Gasteiger partial charge is 0.480 e. The number of benzene rings is 1. The molecule has 5 nitrogen and oxygen atoms in total. The van der Waals surface area contributed by atoms with Gasteiger partial charge in [-0.1, -0.05) is 13.8 Å². The van der Waals surface area contributed by atoms with E-state index in [0.717, 1.165) is 0 Å². The SMILES string of the molecule is CC(C)C1SCC(C(=O)O)N1C(=O)c1cc(N)ccc1Br. The van der Waals surface area contributed by atoms with Crippen LogP contribution in [0.25, 0.3) is 0 Å². The fraction of sp³-hybridized carbons (Fsp3) is 0.429. The number of carboxylic acid groups (broad SMARTS) is 1. The maximum absolute atomic E-state index is 12.8. The predicted molar refractivity (Wildman–Crippen MR) is 87.2 cm³/mol. The van der Waals surface area contributed by atoms with Gasteiger partial charge in [0.15, 0.2) is 0 Å². The van der Waals surface area contributed by atoms with E-state index in [1.165, 1.54) is 16.7 Å². The maximum atomic E-state index is 12.8. The summed E-state index contributed by atoms with van der Waals surface area (Å²) in [6, 6.07) is 4.16. The number of nitrogen functional groups attached to an aromatic ring is 1. The molecule has 1 aliphatic rings. The van der Waals surface area contributed by atoms with Gasteiger partial charge in [0.2, 0.25) is 0 Å². The third kappa shape index (κ3) is 3.18. The van der Waals surface area contributed by atoms with Crippen molar-refractivity contribution in [3.63, 3.8) is 0 Å². The van der Waals surface area contributed by atoms with Crippen LogP contribution in [0.4, 0.5) is 5.69 Å². The number of halogens is 1. The Bertz CT molecular complexity index is 579. The third-order valence-corrected chi connectivity index (χ3v) is 5.66. The summed E-state index contributed by atoms with van der Waals surface area (Å²) < 4.78 is 0.616. The van der Waals surface area contributed by atoms with Crippen molar-refractivity contribution in [1.29, 1.82) is 0 Å². The molecule has 2 atom stereocenters. The van der Waals surface area contributed by atoms with E-state index in [2.05, 4.69) is 15.9 Å². The zero-order valence-electron chi connectivity index (χ0n) is 11.7. The van der Waals surface area contributed by atoms with Crippen LogP contribution in [0.5, 0.6) is 0 Å². The van der Waals surface area contributed by atoms with Crippen LogP contribution in [-0.4, -0.2) is 39.1 Å². The summed E-state index contributed by atoms with van der Waals surface area (Å²) in [6.07, 6.45) is 0. The molecule has 21 heavy (non-hydrogen) atoms. The van der Waals surface area contributed by atoms with Crippen molar-refractivity contribution >= 4 is 45.3 Å². The summed E-state index contributed by atoms with van der Waals surface area (Å²) in [6.45, 7) is 3.97. The predicted octanol–water partition coefficient (Wildman–Crippen LogP) is 2.66. The van der Waals surface area contributed by atoms with Gasteiger partial charge < -0.3 is 15.7 Å². The monoisotopic (exact) mass is 372 g/mol. The third-order valence-electron chi connectivity index (χ3n) is 3.35. The Balaban J connectivity index is 2.41. The number of anilines is 1. The van der Waals surface area contributed by atoms with Crippen LogP contribution in [-0.2, 0) is 4.79 Å². The summed E-state index contributed by atoms with van der Waals surface area (Å²) in [7, 11) is 0. The summed E-state index contributed by atoms with van der Waals surface area (Å²) in [5.74, 6) is -0.698. The fourth-order valence-electron chi connectivity index (χ4n) is 2.33. The number of hydrogen-bond donors (Lipinski definition) is 2. The van der Waals surface area contributed by atoms with Gasteiger partial charge in [-0.25, -0.2) is 4.79 Å². The first-order valence-corrected chi connectivity index (χ1v) is 8.39. The van der Waals surface area contributed by atoms with Crippen LogP contribution in [0.15, 0.2) is 22.7 Å². The molecule has 2 unspecified atom stereocenters. The Morgan fingerprint density at radius 2 is 2.14 bits per heavy atom. The summed E-state index contributed by atoms with van der Waals surface area (Å²) in [4.78, 5) is 25.7. The average molecular weight is 373 g/mol. The first kappa shape index (κ1) is 16.2. The van der Waals surface area contributed by atoms with Crippen LogP contribution in [0.1, 0.15) is 24.2 Å². The molecule has 0 bridgehead atoms. The second-order valence-electron chi connectivity index (χ2n) is 5.27. The first-order valence-electron chi connectivity index (χ1n) is 6.55. The first-order chi connectivity index (χ1) is 9.82. The van der Waals surface area contributed by atoms with Gasteiger partial charge in [-0.2, -0.15) is 0 Å². The van der Waals surface area contributed by atoms with Crippen molar-refractivity contribution < 1.29 is 14.7 Å². The maximum Gasteiger partial charge on any atom is 0.327 e. The quantitative estimate of drug-likeness (QED) is 0.796. The molecule has 0 saturated carbocycles. The molecular weight excluding hydrogens is 356 g/mol. The van der Waals surface area contributed by atoms with Crippen molar-refractivity contribution in [1.82, 2.24) is 4.90 Å². The molecule has 1 aromatic rings. The lowest BCUT2D eigenvalue weighted by atomic mass is 10.1. The van der Waals surface area contributed by atoms with Crippen molar-refractivity contribution in [2.45, 2.75) is 25.3 Å². The number of amides is 1. The van der Waals surface area contributed by atoms with Gasteiger partial charge in [-0.05, 0) is 40.0 Å². The van der Waals surface area contributed by atoms with Gasteiger partial charge in [0.05, 0.1) is 10.9 Å². The molecule has 1 amide bonds. The lowest BCUT2D eigenvalue weighted by molar-refractivity contribution is -0.141. The second kappa shape index (κ2) is 6.27. The molecule has 7 heteroatoms. The zero-order valence-corrected chi connectivity index (χ0v) is 14.1. The molecule has 3 N–H and O–H groups in total. The van der Waals surface area contributed by atoms with E-state index < -0.39 is 12.0 Å². The Kier molecular flexibility index (Phi) is 4.83. The van der Waals surface area contributed by atoms with Crippen molar-refractivity contribution in [3.8, 4) is 0 Å². The van der Waals surface area contributed by atoms with E-state index in [0.29, 0.717) is 21.5 Å². The number of carbonyl (C=O) groups excluding carboxylic acids is 1. The molecule has 114 valence electrons. The minimum absolute atomic E-state index is 0.146. The molecule has 1 saturated heterocycles. The van der Waals surface area contributed by atoms with Gasteiger partial charge >= 0.3 is 5.97 Å². The second-order valence-corrected chi connectivity index (χ2v) is 7.28. The average Bonchev–Trinajstić information content (AvgIpc) is 2.85. The number of aliphatic carboxylic acids is 1. The molecule has 1 aliphatic heterocycles. The zero-order chi connectivity index (χ0) is 15.7. The van der Waals surface area contributed by atoms with Gasteiger partial charge in [0, 0.05) is 15.9 Å². The van der Waals surface area contributed by atoms with Gasteiger partial charge in [0.1, 0.15) is 6.04 Å². The van der Waals surface area contributed by atoms with Crippen LogP contribution in [0.3, 0.4) is 0 Å². The Hall–Kier alpha value is -1.21. The summed E-state index contributed by atoms with van der Waals surface area (Å²) >= 11 is 4.84. The van der Waals surface area contributed by atoms with Crippen molar-refractivity contribution in [2.75, 3.05) is 11.5 Å². The van der Waals surface area contributed by atoms with E-state index in [4.69, 9.17) is 5.73 Å². The summed E-state index contributed by atoms with van der Waals surface area (Å²) in [5.41, 5.74) is 6.61. The van der Waals surface area contributed by atoms with Gasteiger partial charge in [0.25, 0.3) is 5.91 Å².